The van der Waals surface area contributed by atoms with Crippen molar-refractivity contribution in [2.45, 2.75) is 25.9 Å². The van der Waals surface area contributed by atoms with Crippen molar-refractivity contribution in [1.29, 1.82) is 0 Å². The van der Waals surface area contributed by atoms with Crippen LogP contribution in [-0.4, -0.2) is 11.9 Å². The van der Waals surface area contributed by atoms with Gasteiger partial charge >= 0.3 is 0 Å². The molecule has 0 radical (unpaired) electrons. The summed E-state index contributed by atoms with van der Waals surface area (Å²) >= 11 is 9.53. The quantitative estimate of drug-likeness (QED) is 0.832. The molecule has 0 aromatic heterocycles. The number of halogens is 2. The Morgan fingerprint density at radius 3 is 2.50 bits per heavy atom. The number of nitrogens with one attached hydrogen (secondary N) is 1. The second-order valence-electron chi connectivity index (χ2n) is 5.26. The van der Waals surface area contributed by atoms with Gasteiger partial charge in [0.1, 0.15) is 0 Å². The van der Waals surface area contributed by atoms with E-state index in [-0.39, 0.29) is 18.0 Å². The molecule has 0 aliphatic heterocycles. The van der Waals surface area contributed by atoms with E-state index in [1.54, 1.807) is 12.1 Å². The highest BCUT2D eigenvalue weighted by molar-refractivity contribution is 9.10. The first-order chi connectivity index (χ1) is 10.4. The molecule has 2 atom stereocenters. The SMILES string of the molecule is Cc1c(Cl)cc(C(=O)NC(C)C(N)c2ccccc2)cc1Br. The van der Waals surface area contributed by atoms with Crippen LogP contribution in [-0.2, 0) is 0 Å². The zero-order valence-electron chi connectivity index (χ0n) is 12.4. The number of amides is 1. The predicted molar refractivity (Wildman–Crippen MR) is 94.2 cm³/mol. The zero-order chi connectivity index (χ0) is 16.3. The standard InChI is InChI=1S/C17H18BrClN2O/c1-10-14(18)8-13(9-15(10)19)17(22)21-11(2)16(20)12-6-4-3-5-7-12/h3-9,11,16H,20H2,1-2H3,(H,21,22). The van der Waals surface area contributed by atoms with Crippen molar-refractivity contribution in [3.05, 3.63) is 68.7 Å². The van der Waals surface area contributed by atoms with Crippen molar-refractivity contribution in [3.8, 4) is 0 Å². The number of nitrogens with two attached hydrogens (primary N) is 1. The van der Waals surface area contributed by atoms with Crippen molar-refractivity contribution in [1.82, 2.24) is 5.32 Å². The summed E-state index contributed by atoms with van der Waals surface area (Å²) in [6, 6.07) is 12.7. The van der Waals surface area contributed by atoms with E-state index >= 15 is 0 Å². The van der Waals surface area contributed by atoms with Crippen LogP contribution in [0.1, 0.15) is 34.5 Å². The molecule has 2 unspecified atom stereocenters. The number of carbonyl (C=O) groups excluding carboxylic acids is 1. The minimum atomic E-state index is -0.269. The van der Waals surface area contributed by atoms with E-state index < -0.39 is 0 Å². The van der Waals surface area contributed by atoms with E-state index in [1.165, 1.54) is 0 Å². The van der Waals surface area contributed by atoms with Crippen LogP contribution in [0, 0.1) is 6.92 Å². The fourth-order valence-electron chi connectivity index (χ4n) is 2.12. The highest BCUT2D eigenvalue weighted by atomic mass is 79.9. The third-order valence-corrected chi connectivity index (χ3v) is 4.84. The molecule has 22 heavy (non-hydrogen) atoms. The van der Waals surface area contributed by atoms with Crippen molar-refractivity contribution in [3.63, 3.8) is 0 Å². The Kier molecular flexibility index (Phi) is 5.62. The number of rotatable bonds is 4. The Morgan fingerprint density at radius 1 is 1.27 bits per heavy atom. The molecule has 5 heteroatoms. The van der Waals surface area contributed by atoms with Gasteiger partial charge in [0.2, 0.25) is 0 Å². The molecule has 0 saturated carbocycles. The molecule has 0 bridgehead atoms. The van der Waals surface area contributed by atoms with E-state index in [4.69, 9.17) is 17.3 Å². The molecular formula is C17H18BrClN2O. The molecule has 0 fully saturated rings. The molecule has 0 aliphatic rings. The number of hydrogen-bond donors (Lipinski definition) is 2. The minimum Gasteiger partial charge on any atom is -0.348 e. The van der Waals surface area contributed by atoms with Crippen molar-refractivity contribution in [2.24, 2.45) is 5.73 Å². The molecule has 2 aromatic carbocycles. The van der Waals surface area contributed by atoms with Gasteiger partial charge in [0.05, 0.1) is 0 Å². The molecular weight excluding hydrogens is 364 g/mol. The minimum absolute atomic E-state index is 0.193. The second-order valence-corrected chi connectivity index (χ2v) is 6.53. The van der Waals surface area contributed by atoms with Gasteiger partial charge in [0.25, 0.3) is 5.91 Å². The maximum Gasteiger partial charge on any atom is 0.251 e. The molecule has 116 valence electrons. The summed E-state index contributed by atoms with van der Waals surface area (Å²) in [5, 5.41) is 3.48. The van der Waals surface area contributed by atoms with Crippen molar-refractivity contribution < 1.29 is 4.79 Å². The number of hydrogen-bond acceptors (Lipinski definition) is 2. The second kappa shape index (κ2) is 7.27. The van der Waals surface area contributed by atoms with Crippen LogP contribution in [0.4, 0.5) is 0 Å². The highest BCUT2D eigenvalue weighted by Crippen LogP contribution is 2.26. The van der Waals surface area contributed by atoms with Gasteiger partial charge in [0, 0.05) is 27.1 Å². The molecule has 0 aliphatic carbocycles. The van der Waals surface area contributed by atoms with Crippen LogP contribution < -0.4 is 11.1 Å². The summed E-state index contributed by atoms with van der Waals surface area (Å²) in [7, 11) is 0. The zero-order valence-corrected chi connectivity index (χ0v) is 14.8. The summed E-state index contributed by atoms with van der Waals surface area (Å²) in [5.74, 6) is -0.193. The van der Waals surface area contributed by atoms with Gasteiger partial charge in [-0.15, -0.1) is 0 Å². The van der Waals surface area contributed by atoms with Crippen molar-refractivity contribution >= 4 is 33.4 Å². The first-order valence-corrected chi connectivity index (χ1v) is 8.14. The van der Waals surface area contributed by atoms with Gasteiger partial charge in [0.15, 0.2) is 0 Å². The summed E-state index contributed by atoms with van der Waals surface area (Å²) in [4.78, 5) is 12.4. The fourth-order valence-corrected chi connectivity index (χ4v) is 2.91. The lowest BCUT2D eigenvalue weighted by Crippen LogP contribution is -2.40. The smallest absolute Gasteiger partial charge is 0.251 e. The third kappa shape index (κ3) is 3.88. The van der Waals surface area contributed by atoms with Crippen LogP contribution in [0.2, 0.25) is 5.02 Å². The topological polar surface area (TPSA) is 55.1 Å². The maximum absolute atomic E-state index is 12.4. The first-order valence-electron chi connectivity index (χ1n) is 6.97. The normalized spacial score (nSPS) is 13.5. The molecule has 1 amide bonds. The Hall–Kier alpha value is -1.36. The van der Waals surface area contributed by atoms with Gasteiger partial charge < -0.3 is 11.1 Å². The Labute approximate surface area is 144 Å². The Bertz CT molecular complexity index is 653. The fraction of sp³-hybridized carbons (Fsp3) is 0.235. The third-order valence-electron chi connectivity index (χ3n) is 3.63. The van der Waals surface area contributed by atoms with Gasteiger partial charge in [-0.1, -0.05) is 57.9 Å². The summed E-state index contributed by atoms with van der Waals surface area (Å²) < 4.78 is 0.810. The first kappa shape index (κ1) is 17.0. The van der Waals surface area contributed by atoms with Crippen LogP contribution in [0.3, 0.4) is 0 Å². The summed E-state index contributed by atoms with van der Waals surface area (Å²) in [6.07, 6.45) is 0. The van der Waals surface area contributed by atoms with Crippen molar-refractivity contribution in [2.75, 3.05) is 0 Å². The lowest BCUT2D eigenvalue weighted by Gasteiger charge is -2.22. The van der Waals surface area contributed by atoms with Crippen LogP contribution in [0.5, 0.6) is 0 Å². The van der Waals surface area contributed by atoms with E-state index in [0.717, 1.165) is 15.6 Å². The summed E-state index contributed by atoms with van der Waals surface area (Å²) in [6.45, 7) is 3.78. The van der Waals surface area contributed by atoms with Gasteiger partial charge in [-0.3, -0.25) is 4.79 Å². The van der Waals surface area contributed by atoms with Crippen LogP contribution >= 0.6 is 27.5 Å². The lowest BCUT2D eigenvalue weighted by molar-refractivity contribution is 0.0934. The monoisotopic (exact) mass is 380 g/mol. The summed E-state index contributed by atoms with van der Waals surface area (Å²) in [5.41, 5.74) is 8.60. The van der Waals surface area contributed by atoms with E-state index in [1.807, 2.05) is 44.2 Å². The highest BCUT2D eigenvalue weighted by Gasteiger charge is 2.18. The molecule has 0 spiro atoms. The molecule has 0 saturated heterocycles. The van der Waals surface area contributed by atoms with Crippen LogP contribution in [0.15, 0.2) is 46.9 Å². The van der Waals surface area contributed by atoms with E-state index in [0.29, 0.717) is 10.6 Å². The van der Waals surface area contributed by atoms with E-state index in [9.17, 15) is 4.79 Å². The number of benzene rings is 2. The largest absolute Gasteiger partial charge is 0.348 e. The average molecular weight is 382 g/mol. The van der Waals surface area contributed by atoms with Gasteiger partial charge in [-0.25, -0.2) is 0 Å². The molecule has 3 nitrogen and oxygen atoms in total. The number of carbonyl (C=O) groups is 1. The van der Waals surface area contributed by atoms with Gasteiger partial charge in [-0.2, -0.15) is 0 Å². The van der Waals surface area contributed by atoms with Crippen LogP contribution in [0.25, 0.3) is 0 Å². The van der Waals surface area contributed by atoms with Gasteiger partial charge in [-0.05, 0) is 37.1 Å². The molecule has 0 heterocycles. The molecule has 2 aromatic rings. The molecule has 3 N–H and O–H groups in total. The predicted octanol–water partition coefficient (Wildman–Crippen LogP) is 4.23. The Morgan fingerprint density at radius 2 is 1.91 bits per heavy atom. The maximum atomic E-state index is 12.4. The average Bonchev–Trinajstić information content (AvgIpc) is 2.52. The van der Waals surface area contributed by atoms with E-state index in [2.05, 4.69) is 21.2 Å². The Balaban J connectivity index is 2.12. The molecule has 2 rings (SSSR count). The lowest BCUT2D eigenvalue weighted by atomic mass is 10.0.